The maximum atomic E-state index is 15.1. The fourth-order valence-electron chi connectivity index (χ4n) is 7.18. The Bertz CT molecular complexity index is 1320. The molecule has 0 bridgehead atoms. The number of methoxy groups -OCH3 is 1. The number of para-hydroxylation sites is 1. The third-order valence-corrected chi connectivity index (χ3v) is 8.81. The van der Waals surface area contributed by atoms with E-state index in [0.29, 0.717) is 25.1 Å². The van der Waals surface area contributed by atoms with Crippen molar-refractivity contribution >= 4 is 17.5 Å². The van der Waals surface area contributed by atoms with Gasteiger partial charge in [0.25, 0.3) is 5.91 Å². The zero-order valence-electron chi connectivity index (χ0n) is 22.1. The minimum atomic E-state index is -0.912. The number of nitrogens with zero attached hydrogens (tertiary/aromatic N) is 2. The molecule has 2 heterocycles. The van der Waals surface area contributed by atoms with E-state index >= 15 is 4.79 Å². The van der Waals surface area contributed by atoms with Crippen LogP contribution in [0.2, 0.25) is 0 Å². The van der Waals surface area contributed by atoms with E-state index in [2.05, 4.69) is 35.2 Å². The lowest BCUT2D eigenvalue weighted by molar-refractivity contribution is -0.128. The van der Waals surface area contributed by atoms with Crippen LogP contribution in [-0.2, 0) is 21.4 Å². The average molecular weight is 509 g/mol. The number of benzene rings is 3. The zero-order chi connectivity index (χ0) is 26.1. The highest BCUT2D eigenvalue weighted by atomic mass is 16.5. The van der Waals surface area contributed by atoms with Gasteiger partial charge in [-0.3, -0.25) is 9.59 Å². The summed E-state index contributed by atoms with van der Waals surface area (Å²) in [6.07, 6.45) is 6.71. The Kier molecular flexibility index (Phi) is 6.79. The van der Waals surface area contributed by atoms with Crippen molar-refractivity contribution in [3.63, 3.8) is 0 Å². The second-order valence-corrected chi connectivity index (χ2v) is 10.9. The number of carbonyl (C=O) groups excluding carboxylic acids is 2. The van der Waals surface area contributed by atoms with Gasteiger partial charge < -0.3 is 14.5 Å². The van der Waals surface area contributed by atoms with Crippen LogP contribution in [-0.4, -0.2) is 43.0 Å². The van der Waals surface area contributed by atoms with Crippen molar-refractivity contribution < 1.29 is 14.3 Å². The van der Waals surface area contributed by atoms with Crippen molar-refractivity contribution in [3.05, 3.63) is 101 Å². The highest BCUT2D eigenvalue weighted by molar-refractivity contribution is 6.10. The highest BCUT2D eigenvalue weighted by Crippen LogP contribution is 2.54. The molecule has 3 aromatic rings. The van der Waals surface area contributed by atoms with Crippen LogP contribution >= 0.6 is 0 Å². The molecule has 3 aromatic carbocycles. The Morgan fingerprint density at radius 2 is 1.58 bits per heavy atom. The average Bonchev–Trinajstić information content (AvgIpc) is 2.97. The fraction of sp³-hybridized carbons (Fsp3) is 0.394. The van der Waals surface area contributed by atoms with Crippen LogP contribution in [0.3, 0.4) is 0 Å². The molecule has 5 heteroatoms. The molecule has 6 rings (SSSR count). The van der Waals surface area contributed by atoms with Crippen molar-refractivity contribution in [3.8, 4) is 0 Å². The lowest BCUT2D eigenvalue weighted by Crippen LogP contribution is -2.64. The molecule has 1 unspecified atom stereocenters. The summed E-state index contributed by atoms with van der Waals surface area (Å²) in [7, 11) is 1.70. The predicted octanol–water partition coefficient (Wildman–Crippen LogP) is 6.08. The molecule has 5 nitrogen and oxygen atoms in total. The normalized spacial score (nSPS) is 23.4. The van der Waals surface area contributed by atoms with E-state index in [1.807, 2.05) is 53.4 Å². The summed E-state index contributed by atoms with van der Waals surface area (Å²) in [5, 5.41) is 0. The Morgan fingerprint density at radius 3 is 2.37 bits per heavy atom. The van der Waals surface area contributed by atoms with E-state index in [-0.39, 0.29) is 23.9 Å². The van der Waals surface area contributed by atoms with Gasteiger partial charge in [-0.15, -0.1) is 0 Å². The maximum Gasteiger partial charge on any atom is 0.254 e. The first-order chi connectivity index (χ1) is 18.7. The Labute approximate surface area is 225 Å². The van der Waals surface area contributed by atoms with Crippen LogP contribution in [0.4, 0.5) is 5.69 Å². The van der Waals surface area contributed by atoms with Gasteiger partial charge in [0, 0.05) is 37.6 Å². The molecule has 1 saturated carbocycles. The van der Waals surface area contributed by atoms with Crippen LogP contribution in [0.15, 0.2) is 78.9 Å². The molecule has 2 atom stereocenters. The van der Waals surface area contributed by atoms with Gasteiger partial charge in [-0.05, 0) is 54.5 Å². The maximum absolute atomic E-state index is 15.1. The monoisotopic (exact) mass is 508 g/mol. The molecule has 38 heavy (non-hydrogen) atoms. The number of ether oxygens (including phenoxy) is 1. The van der Waals surface area contributed by atoms with Crippen LogP contribution < -0.4 is 4.90 Å². The molecule has 196 valence electrons. The van der Waals surface area contributed by atoms with Gasteiger partial charge >= 0.3 is 0 Å². The van der Waals surface area contributed by atoms with E-state index in [0.717, 1.165) is 54.5 Å². The van der Waals surface area contributed by atoms with Crippen molar-refractivity contribution in [2.45, 2.75) is 62.4 Å². The molecule has 0 N–H and O–H groups in total. The predicted molar refractivity (Wildman–Crippen MR) is 149 cm³/mol. The molecule has 0 saturated heterocycles. The van der Waals surface area contributed by atoms with E-state index in [4.69, 9.17) is 4.74 Å². The number of carbonyl (C=O) groups is 2. The van der Waals surface area contributed by atoms with Gasteiger partial charge in [0.05, 0.1) is 6.04 Å². The molecular weight excluding hydrogens is 472 g/mol. The highest BCUT2D eigenvalue weighted by Gasteiger charge is 2.60. The first-order valence-corrected chi connectivity index (χ1v) is 14.0. The minimum Gasteiger partial charge on any atom is -0.385 e. The van der Waals surface area contributed by atoms with Gasteiger partial charge in [0.15, 0.2) is 0 Å². The summed E-state index contributed by atoms with van der Waals surface area (Å²) in [4.78, 5) is 33.5. The number of rotatable bonds is 6. The summed E-state index contributed by atoms with van der Waals surface area (Å²) in [6.45, 7) is 1.16. The SMILES string of the molecule is COCCCN1C(=O)[C@@]2(Cc3ccccc31)c1ccccc1C(=O)N(C1CCCCC1)C2c1ccccc1. The van der Waals surface area contributed by atoms with Crippen molar-refractivity contribution in [1.82, 2.24) is 4.90 Å². The minimum absolute atomic E-state index is 0.0598. The van der Waals surface area contributed by atoms with E-state index in [1.54, 1.807) is 7.11 Å². The summed E-state index contributed by atoms with van der Waals surface area (Å²) >= 11 is 0. The van der Waals surface area contributed by atoms with Crippen molar-refractivity contribution in [2.75, 3.05) is 25.2 Å². The largest absolute Gasteiger partial charge is 0.385 e. The van der Waals surface area contributed by atoms with Gasteiger partial charge in [-0.25, -0.2) is 0 Å². The summed E-state index contributed by atoms with van der Waals surface area (Å²) in [5.74, 6) is 0.145. The van der Waals surface area contributed by atoms with Gasteiger partial charge in [0.1, 0.15) is 5.41 Å². The quantitative estimate of drug-likeness (QED) is 0.379. The Morgan fingerprint density at radius 1 is 0.868 bits per heavy atom. The second-order valence-electron chi connectivity index (χ2n) is 10.9. The Balaban J connectivity index is 1.61. The van der Waals surface area contributed by atoms with Crippen LogP contribution in [0.25, 0.3) is 0 Å². The van der Waals surface area contributed by atoms with E-state index < -0.39 is 5.41 Å². The number of anilines is 1. The lowest BCUT2D eigenvalue weighted by atomic mass is 9.61. The third-order valence-electron chi connectivity index (χ3n) is 8.81. The molecule has 2 aliphatic heterocycles. The number of hydrogen-bond donors (Lipinski definition) is 0. The third kappa shape index (κ3) is 3.95. The van der Waals surface area contributed by atoms with Crippen molar-refractivity contribution in [2.24, 2.45) is 0 Å². The Hall–Kier alpha value is -3.44. The first-order valence-electron chi connectivity index (χ1n) is 14.0. The van der Waals surface area contributed by atoms with Gasteiger partial charge in [-0.2, -0.15) is 0 Å². The van der Waals surface area contributed by atoms with Crippen LogP contribution in [0.1, 0.15) is 71.6 Å². The molecule has 1 fully saturated rings. The molecule has 1 aliphatic carbocycles. The lowest BCUT2D eigenvalue weighted by Gasteiger charge is -2.55. The van der Waals surface area contributed by atoms with Gasteiger partial charge in [0.2, 0.25) is 5.91 Å². The molecule has 1 spiro atoms. The summed E-state index contributed by atoms with van der Waals surface area (Å²) < 4.78 is 5.36. The topological polar surface area (TPSA) is 49.9 Å². The van der Waals surface area contributed by atoms with Gasteiger partial charge in [-0.1, -0.05) is 86.0 Å². The zero-order valence-corrected chi connectivity index (χ0v) is 22.1. The molecular formula is C33H36N2O3. The van der Waals surface area contributed by atoms with E-state index in [1.165, 1.54) is 6.42 Å². The molecule has 3 aliphatic rings. The molecule has 0 radical (unpaired) electrons. The van der Waals surface area contributed by atoms with Crippen LogP contribution in [0, 0.1) is 0 Å². The number of amides is 2. The number of hydrogen-bond acceptors (Lipinski definition) is 3. The summed E-state index contributed by atoms with van der Waals surface area (Å²) in [5.41, 5.74) is 3.79. The molecule has 2 amide bonds. The van der Waals surface area contributed by atoms with E-state index in [9.17, 15) is 4.79 Å². The van der Waals surface area contributed by atoms with Crippen molar-refractivity contribution in [1.29, 1.82) is 0 Å². The smallest absolute Gasteiger partial charge is 0.254 e. The first kappa shape index (κ1) is 24.9. The van der Waals surface area contributed by atoms with Crippen LogP contribution in [0.5, 0.6) is 0 Å². The molecule has 0 aromatic heterocycles. The number of fused-ring (bicyclic) bond motifs is 3. The second kappa shape index (κ2) is 10.4. The summed E-state index contributed by atoms with van der Waals surface area (Å²) in [6, 6.07) is 26.2. The standard InChI is InChI=1S/C33H36N2O3/c1-38-22-12-21-34-29-20-11-8-15-25(29)23-33(32(34)37)28-19-10-9-18-27(28)31(36)35(26-16-6-3-7-17-26)30(33)24-13-4-2-5-14-24/h2,4-5,8-11,13-15,18-20,26,30H,3,6-7,12,16-17,21-23H2,1H3/t30?,33-/m0/s1. The fourth-order valence-corrected chi connectivity index (χ4v) is 7.18.